The fourth-order valence-electron chi connectivity index (χ4n) is 26.5. The van der Waals surface area contributed by atoms with Crippen LogP contribution in [-0.4, -0.2) is 115 Å². The molecule has 12 saturated carbocycles. The maximum absolute atomic E-state index is 11.4. The molecule has 12 aliphatic carbocycles. The Balaban J connectivity index is 0.000000184. The van der Waals surface area contributed by atoms with Crippen molar-refractivity contribution in [3.05, 3.63) is 179 Å². The first-order chi connectivity index (χ1) is 69.2. The van der Waals surface area contributed by atoms with Crippen molar-refractivity contribution in [2.45, 2.75) is 563 Å². The molecule has 3 nitrogen and oxygen atoms in total. The van der Waals surface area contributed by atoms with Gasteiger partial charge in [0.15, 0.2) is 0 Å². The van der Waals surface area contributed by atoms with E-state index >= 15 is 0 Å². The Morgan fingerprint density at radius 3 is 0.708 bits per heavy atom. The van der Waals surface area contributed by atoms with Crippen molar-refractivity contribution >= 4 is 95.3 Å². The van der Waals surface area contributed by atoms with Crippen molar-refractivity contribution in [1.82, 2.24) is 0 Å². The Bertz CT molecular complexity index is 3880. The van der Waals surface area contributed by atoms with Crippen LogP contribution < -0.4 is 0 Å². The molecule has 17 rings (SSSR count). The van der Waals surface area contributed by atoms with E-state index in [-0.39, 0.29) is 44.0 Å². The summed E-state index contributed by atoms with van der Waals surface area (Å²) in [6.45, 7) is 18.5. The summed E-state index contributed by atoms with van der Waals surface area (Å²) >= 11 is -3.94. The van der Waals surface area contributed by atoms with Crippen molar-refractivity contribution in [1.29, 1.82) is 0 Å². The molecule has 5 aromatic carbocycles. The molecule has 0 spiro atoms. The Kier molecular flexibility index (Phi) is 61.4. The second-order valence-corrected chi connectivity index (χ2v) is 74.0. The van der Waals surface area contributed by atoms with E-state index in [1.807, 2.05) is 82.0 Å². The number of nitrogens with zero attached hydrogens (tertiary/aromatic N) is 1. The molecule has 0 saturated heterocycles. The van der Waals surface area contributed by atoms with Crippen LogP contribution in [0.4, 0.5) is 32.0 Å². The molecule has 818 valence electrons. The van der Waals surface area contributed by atoms with Gasteiger partial charge in [-0.15, -0.1) is 0 Å². The summed E-state index contributed by atoms with van der Waals surface area (Å²) in [5, 5.41) is 16.5. The molecule has 20 heteroatoms. The molecule has 12 aliphatic rings. The van der Waals surface area contributed by atoms with Crippen molar-refractivity contribution in [3.63, 3.8) is 0 Å². The number of aliphatic hydroxyl groups is 2. The molecular weight excluding hydrogens is 2210 g/mol. The van der Waals surface area contributed by atoms with Crippen molar-refractivity contribution in [2.24, 2.45) is 3.50 Å². The first-order valence-electron chi connectivity index (χ1n) is 58.2. The number of allylic oxidation sites excluding steroid dienone is 1. The van der Waals surface area contributed by atoms with Crippen LogP contribution in [0.25, 0.3) is 5.57 Å². The van der Waals surface area contributed by atoms with Gasteiger partial charge in [-0.25, -0.2) is 0 Å². The molecule has 0 atom stereocenters. The Labute approximate surface area is 914 Å². The second-order valence-electron chi connectivity index (χ2n) is 47.1. The van der Waals surface area contributed by atoms with Crippen LogP contribution in [-0.2, 0) is 50.4 Å². The Hall–Kier alpha value is -0.435. The third-order valence-corrected chi connectivity index (χ3v) is 58.2. The van der Waals surface area contributed by atoms with E-state index in [9.17, 15) is 26.3 Å². The fraction of sp³-hybridized carbons (Fsp3) is 0.718. The van der Waals surface area contributed by atoms with Gasteiger partial charge in [0, 0.05) is 31.7 Å². The molecule has 0 heterocycles. The van der Waals surface area contributed by atoms with Crippen LogP contribution in [0.15, 0.2) is 149 Å². The maximum atomic E-state index is 11.4. The van der Waals surface area contributed by atoms with Gasteiger partial charge in [0.1, 0.15) is 0 Å². The second kappa shape index (κ2) is 69.6. The molecule has 5 aromatic rings. The number of halogens is 10. The zero-order valence-corrected chi connectivity index (χ0v) is 103. The molecule has 2 N–H and O–H groups in total. The van der Waals surface area contributed by atoms with E-state index < -0.39 is 68.5 Å². The van der Waals surface area contributed by atoms with E-state index in [0.29, 0.717) is 11.8 Å². The zero-order chi connectivity index (χ0) is 104. The predicted molar refractivity (Wildman–Crippen MR) is 624 cm³/mol. The normalized spacial score (nSPS) is 20.9. The van der Waals surface area contributed by atoms with Crippen LogP contribution in [0.1, 0.15) is 500 Å². The molecule has 0 aliphatic heterocycles. The molecule has 0 unspecified atom stereocenters. The van der Waals surface area contributed by atoms with Crippen molar-refractivity contribution in [2.75, 3.05) is 0 Å². The monoisotopic (exact) mass is 2410 g/mol. The Morgan fingerprint density at radius 2 is 0.521 bits per heavy atom. The summed E-state index contributed by atoms with van der Waals surface area (Å²) < 4.78 is 79.6. The topological polar surface area (TPSA) is 52.8 Å². The summed E-state index contributed by atoms with van der Waals surface area (Å²) in [5.74, 6) is 1.02. The number of hydrogen-bond acceptors (Lipinski definition) is 3. The van der Waals surface area contributed by atoms with Crippen molar-refractivity contribution in [3.8, 4) is 0 Å². The van der Waals surface area contributed by atoms with E-state index in [1.54, 1.807) is 406 Å². The fourth-order valence-corrected chi connectivity index (χ4v) is 52.1. The van der Waals surface area contributed by atoms with Crippen LogP contribution in [0.5, 0.6) is 0 Å². The number of hydrogen-bond donors (Lipinski definition) is 2. The molecular formula is C124H197Cl4F6MoNO2P4Ru2+4. The zero-order valence-electron chi connectivity index (χ0n) is 90.8. The van der Waals surface area contributed by atoms with Crippen molar-refractivity contribution < 1.29 is 81.5 Å². The summed E-state index contributed by atoms with van der Waals surface area (Å²) in [6, 6.07) is 47.8. The Morgan fingerprint density at radius 1 is 0.312 bits per heavy atom. The van der Waals surface area contributed by atoms with Gasteiger partial charge in [-0.2, -0.15) is 26.3 Å². The summed E-state index contributed by atoms with van der Waals surface area (Å²) in [6.07, 6.45) is 85.8. The minimum absolute atomic E-state index is 0.0465. The third kappa shape index (κ3) is 46.4. The first kappa shape index (κ1) is 127. The van der Waals surface area contributed by atoms with Gasteiger partial charge in [-0.05, 0) is 336 Å². The molecule has 0 amide bonds. The standard InChI is InChI=1S/4C18H33P.C15H12.C12H17N.C10H12.C7H6.C4H4F6O.C4H10O.4ClH.Mo.2Ru/c4*1-4-10-16(11-5-1)19(17-12-6-2-7-13-17)18-14-8-3-9-15-18;1-2-15(13-9-5-3-6-10-13)14-11-7-4-8-12-14;1-8(2)10-6-5-7-11(9(3)4)12(10)13;1-10(2,3)9-7-5-4-6-8-9;1-7-5-3-2-4-6-7;1-2(11,3(5,6)7)4(8,9)10;1-4(2,3)5;;;;;;;/h4*16-18H,1-15H2;1-12H;5-9H,1-4H3;1,4-8H,2-3H3;1-6H;11H,1H3;5H,1-3H3;4*1H;;;/q;;;;;;;;;;;;;;;2*+2. The third-order valence-electron chi connectivity index (χ3n) is 33.9. The molecule has 12 fully saturated rings. The van der Waals surface area contributed by atoms with E-state index in [4.69, 9.17) is 52.5 Å². The van der Waals surface area contributed by atoms with E-state index in [2.05, 4.69) is 119 Å². The summed E-state index contributed by atoms with van der Waals surface area (Å²) in [5.41, 5.74) is 19.7. The predicted octanol–water partition coefficient (Wildman–Crippen LogP) is 41.7. The molecule has 0 aromatic heterocycles. The van der Waals surface area contributed by atoms with Gasteiger partial charge in [0.2, 0.25) is 0 Å². The minimum atomic E-state index is -5.69. The number of rotatable bonds is 21. The van der Waals surface area contributed by atoms with Crippen LogP contribution in [0.3, 0.4) is 0 Å². The number of alkyl halides is 6. The van der Waals surface area contributed by atoms with Gasteiger partial charge in [-0.3, -0.25) is 0 Å². The average molecular weight is 2410 g/mol. The number of benzene rings is 5. The quantitative estimate of drug-likeness (QED) is 0.0437. The van der Waals surface area contributed by atoms with Gasteiger partial charge in [-0.1, -0.05) is 77.0 Å². The van der Waals surface area contributed by atoms with Crippen LogP contribution in [0.2, 0.25) is 0 Å². The molecule has 144 heavy (non-hydrogen) atoms. The summed E-state index contributed by atoms with van der Waals surface area (Å²) in [4.78, 5) is 0. The average Bonchev–Trinajstić information content (AvgIpc) is 0.787. The van der Waals surface area contributed by atoms with E-state index in [1.165, 1.54) is 101 Å². The molecule has 0 radical (unpaired) electrons. The van der Waals surface area contributed by atoms with E-state index in [0.717, 1.165) is 11.1 Å². The molecule has 0 bridgehead atoms. The van der Waals surface area contributed by atoms with Crippen LogP contribution >= 0.6 is 70.5 Å². The van der Waals surface area contributed by atoms with Gasteiger partial charge >= 0.3 is 362 Å². The SMILES string of the molecule is C1CCC([PH+](C2CCCCC2)C2CCCCC2)CC1.C1CCC([PH+](C2CCCCC2)C2CCCCC2)CC1.C1CCC([PH+](C2CCCCC2)C2CCCCC2)CC1.C1CCC([PH+](C2CCCCC2)C2CCCCC2)CC1.CC(C)(C)O.CC(C)c1cccc(C(C)C)c1[N]=[Mo]=[CH]C(C)(C)c1ccccc1.CC(O)(C(F)(F)F)C(F)(F)F.[Cl][Ru]([Cl])=[CH]C=C(c1ccccc1)c1ccccc1.[Cl][Ru]([Cl])=[CH]c1ccccc1. The van der Waals surface area contributed by atoms with Gasteiger partial charge < -0.3 is 10.2 Å². The van der Waals surface area contributed by atoms with Gasteiger partial charge in [0.05, 0.1) is 73.5 Å². The summed E-state index contributed by atoms with van der Waals surface area (Å²) in [7, 11) is 23.0. The van der Waals surface area contributed by atoms with Crippen LogP contribution in [0, 0.1) is 0 Å². The first-order valence-corrected chi connectivity index (χ1v) is 78.1. The van der Waals surface area contributed by atoms with Gasteiger partial charge in [0.25, 0.3) is 5.60 Å².